The van der Waals surface area contributed by atoms with Gasteiger partial charge in [0.1, 0.15) is 6.61 Å². The number of halogens is 1. The highest BCUT2D eigenvalue weighted by molar-refractivity contribution is 6.29. The summed E-state index contributed by atoms with van der Waals surface area (Å²) in [5.74, 6) is -0.432. The van der Waals surface area contributed by atoms with Crippen molar-refractivity contribution in [3.05, 3.63) is 35.9 Å². The third-order valence-corrected chi connectivity index (χ3v) is 2.55. The summed E-state index contributed by atoms with van der Waals surface area (Å²) in [6.07, 6.45) is 0.954. The molecule has 0 saturated carbocycles. The molecule has 0 heterocycles. The summed E-state index contributed by atoms with van der Waals surface area (Å²) in [4.78, 5) is 11.6. The van der Waals surface area contributed by atoms with Crippen molar-refractivity contribution in [3.8, 4) is 0 Å². The molecule has 0 saturated heterocycles. The maximum atomic E-state index is 11.6. The molecule has 0 bridgehead atoms. The van der Waals surface area contributed by atoms with E-state index in [1.165, 1.54) is 0 Å². The summed E-state index contributed by atoms with van der Waals surface area (Å²) >= 11 is 5.98. The zero-order valence-electron chi connectivity index (χ0n) is 9.90. The molecule has 0 N–H and O–H groups in total. The molecule has 94 valence electrons. The van der Waals surface area contributed by atoms with Gasteiger partial charge in [-0.2, -0.15) is 0 Å². The Labute approximate surface area is 107 Å². The van der Waals surface area contributed by atoms with Crippen LogP contribution >= 0.6 is 11.6 Å². The van der Waals surface area contributed by atoms with E-state index in [9.17, 15) is 4.79 Å². The Morgan fingerprint density at radius 3 is 2.59 bits per heavy atom. The van der Waals surface area contributed by atoms with E-state index >= 15 is 0 Å². The van der Waals surface area contributed by atoms with Crippen LogP contribution in [-0.2, 0) is 14.3 Å². The maximum absolute atomic E-state index is 11.6. The first-order chi connectivity index (χ1) is 8.25. The van der Waals surface area contributed by atoms with Crippen molar-refractivity contribution in [2.45, 2.75) is 18.7 Å². The number of ether oxygens (including phenoxy) is 2. The summed E-state index contributed by atoms with van der Waals surface area (Å²) in [5.41, 5.74) is 0.744. The first-order valence-corrected chi connectivity index (χ1v) is 6.12. The van der Waals surface area contributed by atoms with E-state index in [1.807, 2.05) is 25.1 Å². The van der Waals surface area contributed by atoms with Gasteiger partial charge in [0.25, 0.3) is 0 Å². The van der Waals surface area contributed by atoms with Gasteiger partial charge < -0.3 is 9.47 Å². The van der Waals surface area contributed by atoms with Crippen LogP contribution in [0, 0.1) is 0 Å². The molecule has 0 aliphatic heterocycles. The summed E-state index contributed by atoms with van der Waals surface area (Å²) in [5, 5.41) is -0.748. The van der Waals surface area contributed by atoms with E-state index < -0.39 is 11.3 Å². The average molecular weight is 257 g/mol. The van der Waals surface area contributed by atoms with Crippen molar-refractivity contribution >= 4 is 17.6 Å². The quantitative estimate of drug-likeness (QED) is 0.427. The van der Waals surface area contributed by atoms with Crippen LogP contribution in [0.25, 0.3) is 0 Å². The molecule has 0 aromatic heterocycles. The lowest BCUT2D eigenvalue weighted by atomic mass is 10.1. The monoisotopic (exact) mass is 256 g/mol. The molecule has 1 aromatic carbocycles. The Morgan fingerprint density at radius 1 is 1.24 bits per heavy atom. The largest absolute Gasteiger partial charge is 0.462 e. The van der Waals surface area contributed by atoms with Crippen LogP contribution in [0.5, 0.6) is 0 Å². The Balaban J connectivity index is 2.28. The fourth-order valence-corrected chi connectivity index (χ4v) is 1.49. The van der Waals surface area contributed by atoms with Crippen molar-refractivity contribution in [2.24, 2.45) is 0 Å². The highest BCUT2D eigenvalue weighted by atomic mass is 35.5. The third kappa shape index (κ3) is 5.20. The number of esters is 1. The summed E-state index contributed by atoms with van der Waals surface area (Å²) in [6.45, 7) is 3.36. The lowest BCUT2D eigenvalue weighted by molar-refractivity contribution is -0.144. The predicted octanol–water partition coefficient (Wildman–Crippen LogP) is 2.94. The highest BCUT2D eigenvalue weighted by Gasteiger charge is 2.18. The molecular weight excluding hydrogens is 240 g/mol. The smallest absolute Gasteiger partial charge is 0.328 e. The van der Waals surface area contributed by atoms with Crippen LogP contribution < -0.4 is 0 Å². The second-order valence-electron chi connectivity index (χ2n) is 3.55. The normalized spacial score (nSPS) is 12.1. The van der Waals surface area contributed by atoms with Gasteiger partial charge in [0.2, 0.25) is 0 Å². The van der Waals surface area contributed by atoms with E-state index in [1.54, 1.807) is 12.1 Å². The fraction of sp³-hybridized carbons (Fsp3) is 0.462. The topological polar surface area (TPSA) is 35.5 Å². The second kappa shape index (κ2) is 8.09. The summed E-state index contributed by atoms with van der Waals surface area (Å²) in [6, 6.07) is 9.14. The van der Waals surface area contributed by atoms with Gasteiger partial charge in [-0.1, -0.05) is 37.3 Å². The van der Waals surface area contributed by atoms with Crippen molar-refractivity contribution in [2.75, 3.05) is 19.8 Å². The lowest BCUT2D eigenvalue weighted by Gasteiger charge is -2.10. The Morgan fingerprint density at radius 2 is 1.94 bits per heavy atom. The first-order valence-electron chi connectivity index (χ1n) is 5.69. The second-order valence-corrected chi connectivity index (χ2v) is 3.99. The van der Waals surface area contributed by atoms with Gasteiger partial charge in [-0.15, -0.1) is 11.6 Å². The summed E-state index contributed by atoms with van der Waals surface area (Å²) in [7, 11) is 0. The van der Waals surface area contributed by atoms with Gasteiger partial charge in [-0.3, -0.25) is 4.79 Å². The molecule has 17 heavy (non-hydrogen) atoms. The van der Waals surface area contributed by atoms with E-state index in [0.717, 1.165) is 12.0 Å². The van der Waals surface area contributed by atoms with Crippen LogP contribution in [0.2, 0.25) is 0 Å². The minimum Gasteiger partial charge on any atom is -0.462 e. The van der Waals surface area contributed by atoms with Crippen LogP contribution in [0.15, 0.2) is 30.3 Å². The molecule has 4 heteroatoms. The van der Waals surface area contributed by atoms with Gasteiger partial charge in [0.15, 0.2) is 5.38 Å². The van der Waals surface area contributed by atoms with E-state index in [0.29, 0.717) is 13.2 Å². The van der Waals surface area contributed by atoms with Gasteiger partial charge in [-0.05, 0) is 12.0 Å². The summed E-state index contributed by atoms with van der Waals surface area (Å²) < 4.78 is 10.2. The van der Waals surface area contributed by atoms with Gasteiger partial charge in [-0.25, -0.2) is 0 Å². The van der Waals surface area contributed by atoms with Crippen molar-refractivity contribution < 1.29 is 14.3 Å². The van der Waals surface area contributed by atoms with E-state index in [-0.39, 0.29) is 6.61 Å². The van der Waals surface area contributed by atoms with Gasteiger partial charge in [0.05, 0.1) is 6.61 Å². The molecule has 3 nitrogen and oxygen atoms in total. The molecule has 0 aliphatic rings. The van der Waals surface area contributed by atoms with Crippen LogP contribution in [0.3, 0.4) is 0 Å². The number of carbonyl (C=O) groups excluding carboxylic acids is 1. The Bertz CT molecular complexity index is 327. The van der Waals surface area contributed by atoms with Crippen molar-refractivity contribution in [1.29, 1.82) is 0 Å². The first kappa shape index (κ1) is 14.0. The Kier molecular flexibility index (Phi) is 6.67. The minimum absolute atomic E-state index is 0.245. The zero-order valence-corrected chi connectivity index (χ0v) is 10.7. The van der Waals surface area contributed by atoms with Crippen LogP contribution in [-0.4, -0.2) is 25.8 Å². The number of hydrogen-bond donors (Lipinski definition) is 0. The predicted molar refractivity (Wildman–Crippen MR) is 67.1 cm³/mol. The molecule has 1 unspecified atom stereocenters. The fourth-order valence-electron chi connectivity index (χ4n) is 1.28. The Hall–Kier alpha value is -1.06. The molecule has 0 radical (unpaired) electrons. The van der Waals surface area contributed by atoms with Gasteiger partial charge >= 0.3 is 5.97 Å². The van der Waals surface area contributed by atoms with E-state index in [4.69, 9.17) is 21.1 Å². The standard InChI is InChI=1S/C13H17ClO3/c1-2-8-16-9-10-17-13(15)12(14)11-6-4-3-5-7-11/h3-7,12H,2,8-10H2,1H3. The average Bonchev–Trinajstić information content (AvgIpc) is 2.38. The molecule has 0 amide bonds. The number of hydrogen-bond acceptors (Lipinski definition) is 3. The lowest BCUT2D eigenvalue weighted by Crippen LogP contribution is -2.15. The molecule has 0 fully saturated rings. The number of carbonyl (C=O) groups is 1. The van der Waals surface area contributed by atoms with Crippen molar-refractivity contribution in [1.82, 2.24) is 0 Å². The highest BCUT2D eigenvalue weighted by Crippen LogP contribution is 2.21. The molecule has 1 atom stereocenters. The van der Waals surface area contributed by atoms with Crippen molar-refractivity contribution in [3.63, 3.8) is 0 Å². The third-order valence-electron chi connectivity index (χ3n) is 2.12. The minimum atomic E-state index is -0.748. The van der Waals surface area contributed by atoms with E-state index in [2.05, 4.69) is 0 Å². The molecule has 1 rings (SSSR count). The van der Waals surface area contributed by atoms with Gasteiger partial charge in [0, 0.05) is 6.61 Å². The zero-order chi connectivity index (χ0) is 12.5. The molecule has 0 spiro atoms. The SMILES string of the molecule is CCCOCCOC(=O)C(Cl)c1ccccc1. The molecular formula is C13H17ClO3. The van der Waals surface area contributed by atoms with Crippen LogP contribution in [0.1, 0.15) is 24.3 Å². The molecule has 0 aliphatic carbocycles. The number of benzene rings is 1. The molecule has 1 aromatic rings. The maximum Gasteiger partial charge on any atom is 0.328 e. The number of alkyl halides is 1. The number of rotatable bonds is 7. The van der Waals surface area contributed by atoms with Crippen LogP contribution in [0.4, 0.5) is 0 Å².